The van der Waals surface area contributed by atoms with Crippen LogP contribution in [0.2, 0.25) is 0 Å². The highest BCUT2D eigenvalue weighted by atomic mass is 32.2. The van der Waals surface area contributed by atoms with Gasteiger partial charge < -0.3 is 15.2 Å². The zero-order chi connectivity index (χ0) is 19.2. The number of hydrogen-bond donors (Lipinski definition) is 2. The van der Waals surface area contributed by atoms with E-state index in [1.54, 1.807) is 0 Å². The monoisotopic (exact) mass is 372 g/mol. The van der Waals surface area contributed by atoms with E-state index in [4.69, 9.17) is 5.73 Å². The van der Waals surface area contributed by atoms with Crippen molar-refractivity contribution < 1.29 is 27.5 Å². The molecule has 1 rings (SSSR count). The maximum absolute atomic E-state index is 12.6. The number of carbonyl (C=O) groups is 2. The molecule has 1 unspecified atom stereocenters. The van der Waals surface area contributed by atoms with Crippen LogP contribution in [0.1, 0.15) is 41.0 Å². The number of benzene rings is 1. The van der Waals surface area contributed by atoms with Crippen molar-refractivity contribution in [3.8, 4) is 0 Å². The molecule has 1 aromatic rings. The molecule has 0 aliphatic rings. The Morgan fingerprint density at radius 2 is 1.56 bits per heavy atom. The molecule has 0 fully saturated rings. The SMILES string of the molecule is COC(=O)c1cc(C(=O)OC)cc(S(=O)(=O)NC(CN)CC(C)C)c1. The number of ether oxygens (including phenoxy) is 2. The van der Waals surface area contributed by atoms with Crippen LogP contribution in [-0.4, -0.2) is 47.2 Å². The fourth-order valence-corrected chi connectivity index (χ4v) is 3.61. The van der Waals surface area contributed by atoms with Crippen LogP contribution in [0.5, 0.6) is 0 Å². The van der Waals surface area contributed by atoms with Gasteiger partial charge in [-0.15, -0.1) is 0 Å². The van der Waals surface area contributed by atoms with Crippen molar-refractivity contribution >= 4 is 22.0 Å². The van der Waals surface area contributed by atoms with Gasteiger partial charge in [0.25, 0.3) is 0 Å². The van der Waals surface area contributed by atoms with Crippen LogP contribution in [0.3, 0.4) is 0 Å². The van der Waals surface area contributed by atoms with Gasteiger partial charge in [0.1, 0.15) is 0 Å². The average molecular weight is 372 g/mol. The molecule has 8 nitrogen and oxygen atoms in total. The van der Waals surface area contributed by atoms with Gasteiger partial charge in [0, 0.05) is 12.6 Å². The predicted molar refractivity (Wildman–Crippen MR) is 91.7 cm³/mol. The van der Waals surface area contributed by atoms with E-state index in [0.717, 1.165) is 26.4 Å². The molecular formula is C16H24N2O6S. The average Bonchev–Trinajstić information content (AvgIpc) is 2.58. The molecule has 1 aromatic carbocycles. The first-order valence-electron chi connectivity index (χ1n) is 7.68. The molecule has 0 amide bonds. The zero-order valence-corrected chi connectivity index (χ0v) is 15.6. The van der Waals surface area contributed by atoms with E-state index in [2.05, 4.69) is 14.2 Å². The molecular weight excluding hydrogens is 348 g/mol. The highest BCUT2D eigenvalue weighted by Gasteiger charge is 2.24. The van der Waals surface area contributed by atoms with E-state index in [0.29, 0.717) is 6.42 Å². The van der Waals surface area contributed by atoms with E-state index >= 15 is 0 Å². The Balaban J connectivity index is 3.32. The number of nitrogens with two attached hydrogens (primary N) is 1. The molecule has 9 heteroatoms. The molecule has 25 heavy (non-hydrogen) atoms. The van der Waals surface area contributed by atoms with Crippen molar-refractivity contribution in [3.63, 3.8) is 0 Å². The van der Waals surface area contributed by atoms with Crippen LogP contribution in [0.4, 0.5) is 0 Å². The molecule has 0 bridgehead atoms. The predicted octanol–water partition coefficient (Wildman–Crippen LogP) is 0.912. The van der Waals surface area contributed by atoms with Gasteiger partial charge in [0.05, 0.1) is 30.2 Å². The summed E-state index contributed by atoms with van der Waals surface area (Å²) in [6.07, 6.45) is 0.552. The van der Waals surface area contributed by atoms with Crippen LogP contribution < -0.4 is 10.5 Å². The number of carbonyl (C=O) groups excluding carboxylic acids is 2. The minimum Gasteiger partial charge on any atom is -0.465 e. The van der Waals surface area contributed by atoms with Gasteiger partial charge >= 0.3 is 11.9 Å². The van der Waals surface area contributed by atoms with Gasteiger partial charge in [-0.1, -0.05) is 13.8 Å². The Morgan fingerprint density at radius 1 is 1.08 bits per heavy atom. The normalized spacial score (nSPS) is 12.7. The van der Waals surface area contributed by atoms with Crippen molar-refractivity contribution in [3.05, 3.63) is 29.3 Å². The summed E-state index contributed by atoms with van der Waals surface area (Å²) in [4.78, 5) is 23.3. The molecule has 0 heterocycles. The highest BCUT2D eigenvalue weighted by Crippen LogP contribution is 2.18. The lowest BCUT2D eigenvalue weighted by Gasteiger charge is -2.19. The van der Waals surface area contributed by atoms with Gasteiger partial charge in [-0.2, -0.15) is 0 Å². The Kier molecular flexibility index (Phi) is 7.53. The fourth-order valence-electron chi connectivity index (χ4n) is 2.27. The van der Waals surface area contributed by atoms with Gasteiger partial charge in [0.2, 0.25) is 10.0 Å². The number of esters is 2. The van der Waals surface area contributed by atoms with Crippen LogP contribution >= 0.6 is 0 Å². The standard InChI is InChI=1S/C16H24N2O6S/c1-10(2)5-13(9-17)18-25(21,22)14-7-11(15(19)23-3)6-12(8-14)16(20)24-4/h6-8,10,13,18H,5,9,17H2,1-4H3. The Morgan fingerprint density at radius 3 is 1.92 bits per heavy atom. The molecule has 0 radical (unpaired) electrons. The molecule has 0 saturated carbocycles. The number of rotatable bonds is 8. The van der Waals surface area contributed by atoms with Crippen LogP contribution in [-0.2, 0) is 19.5 Å². The van der Waals surface area contributed by atoms with E-state index in [9.17, 15) is 18.0 Å². The summed E-state index contributed by atoms with van der Waals surface area (Å²) >= 11 is 0. The second-order valence-electron chi connectivity index (χ2n) is 5.91. The number of sulfonamides is 1. The second-order valence-corrected chi connectivity index (χ2v) is 7.63. The van der Waals surface area contributed by atoms with Crippen LogP contribution in [0, 0.1) is 5.92 Å². The van der Waals surface area contributed by atoms with E-state index in [1.165, 1.54) is 6.07 Å². The van der Waals surface area contributed by atoms with Gasteiger partial charge in [0.15, 0.2) is 0 Å². The molecule has 140 valence electrons. The molecule has 0 aromatic heterocycles. The first kappa shape index (κ1) is 21.1. The fraction of sp³-hybridized carbons (Fsp3) is 0.500. The number of nitrogens with one attached hydrogen (secondary N) is 1. The van der Waals surface area contributed by atoms with E-state index in [1.807, 2.05) is 13.8 Å². The first-order chi connectivity index (χ1) is 11.6. The summed E-state index contributed by atoms with van der Waals surface area (Å²) in [6.45, 7) is 4.02. The lowest BCUT2D eigenvalue weighted by atomic mass is 10.1. The minimum absolute atomic E-state index is 0.0704. The van der Waals surface area contributed by atoms with Crippen molar-refractivity contribution in [2.45, 2.75) is 31.2 Å². The van der Waals surface area contributed by atoms with E-state index in [-0.39, 0.29) is 28.5 Å². The third-order valence-electron chi connectivity index (χ3n) is 3.42. The zero-order valence-electron chi connectivity index (χ0n) is 14.7. The summed E-state index contributed by atoms with van der Waals surface area (Å²) in [5, 5.41) is 0. The van der Waals surface area contributed by atoms with Crippen molar-refractivity contribution in [1.29, 1.82) is 0 Å². The van der Waals surface area contributed by atoms with Gasteiger partial charge in [-0.3, -0.25) is 0 Å². The molecule has 0 spiro atoms. The summed E-state index contributed by atoms with van der Waals surface area (Å²) in [5.74, 6) is -1.29. The molecule has 3 N–H and O–H groups in total. The summed E-state index contributed by atoms with van der Waals surface area (Å²) < 4.78 is 37.0. The summed E-state index contributed by atoms with van der Waals surface area (Å²) in [6, 6.07) is 3.03. The van der Waals surface area contributed by atoms with Crippen LogP contribution in [0.25, 0.3) is 0 Å². The quantitative estimate of drug-likeness (QED) is 0.650. The second kappa shape index (κ2) is 8.93. The van der Waals surface area contributed by atoms with E-state index < -0.39 is 28.0 Å². The Bertz CT molecular complexity index is 696. The van der Waals surface area contributed by atoms with Crippen molar-refractivity contribution in [2.24, 2.45) is 11.7 Å². The molecule has 0 aliphatic heterocycles. The van der Waals surface area contributed by atoms with Crippen LogP contribution in [0.15, 0.2) is 23.1 Å². The third-order valence-corrected chi connectivity index (χ3v) is 4.92. The highest BCUT2D eigenvalue weighted by molar-refractivity contribution is 7.89. The minimum atomic E-state index is -3.99. The molecule has 0 aliphatic carbocycles. The lowest BCUT2D eigenvalue weighted by Crippen LogP contribution is -2.41. The molecule has 0 saturated heterocycles. The number of methoxy groups -OCH3 is 2. The van der Waals surface area contributed by atoms with Gasteiger partial charge in [-0.25, -0.2) is 22.7 Å². The Labute approximate surface area is 147 Å². The Hall–Kier alpha value is -1.97. The van der Waals surface area contributed by atoms with Crippen molar-refractivity contribution in [1.82, 2.24) is 4.72 Å². The number of hydrogen-bond acceptors (Lipinski definition) is 7. The first-order valence-corrected chi connectivity index (χ1v) is 9.17. The molecule has 1 atom stereocenters. The maximum Gasteiger partial charge on any atom is 0.337 e. The third kappa shape index (κ3) is 5.80. The maximum atomic E-state index is 12.6. The summed E-state index contributed by atoms with van der Waals surface area (Å²) in [7, 11) is -1.67. The summed E-state index contributed by atoms with van der Waals surface area (Å²) in [5.41, 5.74) is 5.49. The largest absolute Gasteiger partial charge is 0.465 e. The smallest absolute Gasteiger partial charge is 0.337 e. The topological polar surface area (TPSA) is 125 Å². The van der Waals surface area contributed by atoms with Crippen molar-refractivity contribution in [2.75, 3.05) is 20.8 Å². The lowest BCUT2D eigenvalue weighted by molar-refractivity contribution is 0.0598. The van der Waals surface area contributed by atoms with Gasteiger partial charge in [-0.05, 0) is 30.5 Å².